The minimum atomic E-state index is 0.188. The Hall–Kier alpha value is -1.24. The lowest BCUT2D eigenvalue weighted by Gasteiger charge is -2.37. The van der Waals surface area contributed by atoms with E-state index in [0.717, 1.165) is 24.3 Å². The van der Waals surface area contributed by atoms with E-state index in [1.165, 1.54) is 0 Å². The zero-order valence-electron chi connectivity index (χ0n) is 10.7. The molecule has 0 aromatic heterocycles. The summed E-state index contributed by atoms with van der Waals surface area (Å²) >= 11 is 5.80. The largest absolute Gasteiger partial charge is 0.372 e. The highest BCUT2D eigenvalue weighted by Crippen LogP contribution is 2.25. The molecule has 4 heteroatoms. The Kier molecular flexibility index (Phi) is 4.11. The normalized spacial score (nSPS) is 23.8. The summed E-state index contributed by atoms with van der Waals surface area (Å²) in [7, 11) is 0. The number of morpholine rings is 1. The van der Waals surface area contributed by atoms with E-state index in [1.807, 2.05) is 18.2 Å². The smallest absolute Gasteiger partial charge is 0.101 e. The Balaban J connectivity index is 2.30. The SMILES string of the molecule is CC1CN(c2ccc(CCl)cc2C#N)CC(C)O1. The van der Waals surface area contributed by atoms with Crippen molar-refractivity contribution in [1.29, 1.82) is 5.26 Å². The van der Waals surface area contributed by atoms with Crippen molar-refractivity contribution in [3.05, 3.63) is 29.3 Å². The van der Waals surface area contributed by atoms with Crippen molar-refractivity contribution < 1.29 is 4.74 Å². The van der Waals surface area contributed by atoms with Crippen molar-refractivity contribution in [3.8, 4) is 6.07 Å². The first-order chi connectivity index (χ1) is 8.63. The first-order valence-corrected chi connectivity index (χ1v) is 6.67. The van der Waals surface area contributed by atoms with Crippen molar-refractivity contribution in [1.82, 2.24) is 0 Å². The molecule has 1 saturated heterocycles. The van der Waals surface area contributed by atoms with E-state index in [4.69, 9.17) is 16.3 Å². The van der Waals surface area contributed by atoms with E-state index in [-0.39, 0.29) is 12.2 Å². The van der Waals surface area contributed by atoms with Gasteiger partial charge in [0.05, 0.1) is 23.5 Å². The predicted octanol–water partition coefficient (Wildman–Crippen LogP) is 2.91. The predicted molar refractivity (Wildman–Crippen MR) is 72.9 cm³/mol. The number of nitriles is 1. The second kappa shape index (κ2) is 5.60. The van der Waals surface area contributed by atoms with Gasteiger partial charge in [0, 0.05) is 19.0 Å². The Bertz CT molecular complexity index is 459. The molecule has 1 aliphatic rings. The quantitative estimate of drug-likeness (QED) is 0.771. The molecule has 2 unspecified atom stereocenters. The maximum Gasteiger partial charge on any atom is 0.101 e. The molecule has 1 aromatic rings. The van der Waals surface area contributed by atoms with Gasteiger partial charge >= 0.3 is 0 Å². The number of hydrogen-bond acceptors (Lipinski definition) is 3. The van der Waals surface area contributed by atoms with Crippen molar-refractivity contribution in [2.24, 2.45) is 0 Å². The van der Waals surface area contributed by atoms with Gasteiger partial charge in [-0.1, -0.05) is 6.07 Å². The van der Waals surface area contributed by atoms with Gasteiger partial charge in [0.1, 0.15) is 6.07 Å². The van der Waals surface area contributed by atoms with E-state index in [9.17, 15) is 5.26 Å². The van der Waals surface area contributed by atoms with Crippen LogP contribution in [-0.2, 0) is 10.6 Å². The second-order valence-electron chi connectivity index (χ2n) is 4.76. The van der Waals surface area contributed by atoms with Crippen molar-refractivity contribution in [3.63, 3.8) is 0 Å². The number of alkyl halides is 1. The minimum absolute atomic E-state index is 0.188. The molecule has 18 heavy (non-hydrogen) atoms. The number of ether oxygens (including phenoxy) is 1. The van der Waals surface area contributed by atoms with Crippen LogP contribution in [0.25, 0.3) is 0 Å². The van der Waals surface area contributed by atoms with E-state index < -0.39 is 0 Å². The minimum Gasteiger partial charge on any atom is -0.372 e. The first kappa shape index (κ1) is 13.2. The number of rotatable bonds is 2. The lowest BCUT2D eigenvalue weighted by Crippen LogP contribution is -2.45. The summed E-state index contributed by atoms with van der Waals surface area (Å²) in [4.78, 5) is 2.22. The molecular weight excluding hydrogens is 248 g/mol. The van der Waals surface area contributed by atoms with Gasteiger partial charge in [-0.2, -0.15) is 5.26 Å². The van der Waals surface area contributed by atoms with E-state index in [0.29, 0.717) is 11.4 Å². The van der Waals surface area contributed by atoms with Gasteiger partial charge in [0.2, 0.25) is 0 Å². The molecule has 0 saturated carbocycles. The number of anilines is 1. The molecule has 1 heterocycles. The third-order valence-electron chi connectivity index (χ3n) is 3.10. The molecule has 3 nitrogen and oxygen atoms in total. The monoisotopic (exact) mass is 264 g/mol. The molecule has 2 atom stereocenters. The fraction of sp³-hybridized carbons (Fsp3) is 0.500. The summed E-state index contributed by atoms with van der Waals surface area (Å²) in [5, 5.41) is 9.25. The van der Waals surface area contributed by atoms with Gasteiger partial charge in [0.15, 0.2) is 0 Å². The lowest BCUT2D eigenvalue weighted by molar-refractivity contribution is -0.00522. The number of nitrogens with zero attached hydrogens (tertiary/aromatic N) is 2. The molecule has 0 spiro atoms. The lowest BCUT2D eigenvalue weighted by atomic mass is 10.1. The molecule has 0 bridgehead atoms. The summed E-state index contributed by atoms with van der Waals surface area (Å²) in [5.74, 6) is 0.435. The molecule has 96 valence electrons. The van der Waals surface area contributed by atoms with Gasteiger partial charge < -0.3 is 9.64 Å². The summed E-state index contributed by atoms with van der Waals surface area (Å²) in [6.07, 6.45) is 0.376. The molecule has 1 fully saturated rings. The van der Waals surface area contributed by atoms with Crippen LogP contribution in [-0.4, -0.2) is 25.3 Å². The Morgan fingerprint density at radius 3 is 2.61 bits per heavy atom. The third kappa shape index (κ3) is 2.77. The maximum atomic E-state index is 9.25. The highest BCUT2D eigenvalue weighted by Gasteiger charge is 2.23. The fourth-order valence-corrected chi connectivity index (χ4v) is 2.57. The number of hydrogen-bond donors (Lipinski definition) is 0. The van der Waals surface area contributed by atoms with Gasteiger partial charge in [-0.05, 0) is 31.5 Å². The second-order valence-corrected chi connectivity index (χ2v) is 5.03. The Labute approximate surface area is 113 Å². The maximum absolute atomic E-state index is 9.25. The molecule has 1 aromatic carbocycles. The summed E-state index contributed by atoms with van der Waals surface area (Å²) in [6, 6.07) is 8.09. The van der Waals surface area contributed by atoms with Crippen molar-refractivity contribution >= 4 is 17.3 Å². The van der Waals surface area contributed by atoms with Crippen LogP contribution >= 0.6 is 11.6 Å². The van der Waals surface area contributed by atoms with E-state index in [1.54, 1.807) is 0 Å². The molecule has 1 aliphatic heterocycles. The average molecular weight is 265 g/mol. The zero-order valence-corrected chi connectivity index (χ0v) is 11.4. The Morgan fingerprint density at radius 1 is 1.39 bits per heavy atom. The van der Waals surface area contributed by atoms with Crippen LogP contribution in [0.3, 0.4) is 0 Å². The Morgan fingerprint density at radius 2 is 2.06 bits per heavy atom. The molecule has 0 amide bonds. The van der Waals surface area contributed by atoms with Crippen molar-refractivity contribution in [2.45, 2.75) is 31.9 Å². The van der Waals surface area contributed by atoms with Crippen LogP contribution in [0.2, 0.25) is 0 Å². The van der Waals surface area contributed by atoms with E-state index in [2.05, 4.69) is 24.8 Å². The van der Waals surface area contributed by atoms with Crippen LogP contribution in [0.4, 0.5) is 5.69 Å². The van der Waals surface area contributed by atoms with Crippen molar-refractivity contribution in [2.75, 3.05) is 18.0 Å². The van der Waals surface area contributed by atoms with Crippen LogP contribution in [0, 0.1) is 11.3 Å². The molecule has 2 rings (SSSR count). The highest BCUT2D eigenvalue weighted by atomic mass is 35.5. The van der Waals surface area contributed by atoms with Crippen LogP contribution in [0.5, 0.6) is 0 Å². The summed E-state index contributed by atoms with van der Waals surface area (Å²) in [5.41, 5.74) is 2.65. The first-order valence-electron chi connectivity index (χ1n) is 6.13. The van der Waals surface area contributed by atoms with Gasteiger partial charge in [-0.3, -0.25) is 0 Å². The van der Waals surface area contributed by atoms with E-state index >= 15 is 0 Å². The number of halogens is 1. The molecule has 0 N–H and O–H groups in total. The fourth-order valence-electron chi connectivity index (χ4n) is 2.41. The van der Waals surface area contributed by atoms with Crippen LogP contribution in [0.1, 0.15) is 25.0 Å². The molecule has 0 radical (unpaired) electrons. The zero-order chi connectivity index (χ0) is 13.1. The third-order valence-corrected chi connectivity index (χ3v) is 3.40. The molecular formula is C14H17ClN2O. The van der Waals surface area contributed by atoms with Gasteiger partial charge in [-0.25, -0.2) is 0 Å². The topological polar surface area (TPSA) is 36.3 Å². The standard InChI is InChI=1S/C14H17ClN2O/c1-10-8-17(9-11(2)18-10)14-4-3-12(6-15)5-13(14)7-16/h3-5,10-11H,6,8-9H2,1-2H3. The average Bonchev–Trinajstić information content (AvgIpc) is 2.36. The molecule has 0 aliphatic carbocycles. The summed E-state index contributed by atoms with van der Waals surface area (Å²) < 4.78 is 5.71. The number of benzene rings is 1. The highest BCUT2D eigenvalue weighted by molar-refractivity contribution is 6.17. The van der Waals surface area contributed by atoms with Crippen LogP contribution < -0.4 is 4.90 Å². The van der Waals surface area contributed by atoms with Gasteiger partial charge in [-0.15, -0.1) is 11.6 Å². The summed E-state index contributed by atoms with van der Waals surface area (Å²) in [6.45, 7) is 5.75. The van der Waals surface area contributed by atoms with Crippen LogP contribution in [0.15, 0.2) is 18.2 Å². The van der Waals surface area contributed by atoms with Gasteiger partial charge in [0.25, 0.3) is 0 Å².